The Morgan fingerprint density at radius 2 is 2.27 bits per heavy atom. The Kier molecular flexibility index (Phi) is 4.43. The number of aromatic hydroxyl groups is 1. The van der Waals surface area contributed by atoms with Crippen molar-refractivity contribution in [2.24, 2.45) is 0 Å². The van der Waals surface area contributed by atoms with Gasteiger partial charge in [-0.1, -0.05) is 24.6 Å². The molecule has 0 bridgehead atoms. The molecule has 1 aromatic rings. The molecule has 1 rings (SSSR count). The van der Waals surface area contributed by atoms with Crippen molar-refractivity contribution in [3.63, 3.8) is 0 Å². The number of phenols is 1. The van der Waals surface area contributed by atoms with Crippen LogP contribution in [0.1, 0.15) is 25.3 Å². The van der Waals surface area contributed by atoms with Gasteiger partial charge < -0.3 is 10.4 Å². The first-order valence-corrected chi connectivity index (χ1v) is 5.25. The van der Waals surface area contributed by atoms with E-state index in [2.05, 4.69) is 5.32 Å². The van der Waals surface area contributed by atoms with Gasteiger partial charge in [0.05, 0.1) is 0 Å². The second-order valence-electron chi connectivity index (χ2n) is 3.30. The first-order chi connectivity index (χ1) is 7.13. The highest BCUT2D eigenvalue weighted by atomic mass is 35.5. The maximum Gasteiger partial charge on any atom is 0.220 e. The molecule has 0 aromatic heterocycles. The summed E-state index contributed by atoms with van der Waals surface area (Å²) in [4.78, 5) is 11.2. The molecule has 1 aromatic carbocycles. The zero-order chi connectivity index (χ0) is 11.3. The second-order valence-corrected chi connectivity index (χ2v) is 3.71. The fraction of sp³-hybridized carbons (Fsp3) is 0.364. The summed E-state index contributed by atoms with van der Waals surface area (Å²) in [6.07, 6.45) is 1.35. The Hall–Kier alpha value is -1.22. The second kappa shape index (κ2) is 5.61. The van der Waals surface area contributed by atoms with E-state index in [0.717, 1.165) is 12.0 Å². The summed E-state index contributed by atoms with van der Waals surface area (Å²) < 4.78 is 0. The monoisotopic (exact) mass is 227 g/mol. The number of hydrogen-bond donors (Lipinski definition) is 2. The van der Waals surface area contributed by atoms with Crippen LogP contribution in [0.5, 0.6) is 5.75 Å². The van der Waals surface area contributed by atoms with Crippen LogP contribution in [0, 0.1) is 0 Å². The van der Waals surface area contributed by atoms with Crippen molar-refractivity contribution in [2.75, 3.05) is 0 Å². The predicted octanol–water partition coefficient (Wildman–Crippen LogP) is 2.46. The molecule has 0 aliphatic rings. The van der Waals surface area contributed by atoms with Crippen LogP contribution in [-0.4, -0.2) is 11.0 Å². The third kappa shape index (κ3) is 3.80. The Balaban J connectivity index is 2.54. The highest BCUT2D eigenvalue weighted by Gasteiger charge is 2.03. The number of nitrogens with one attached hydrogen (secondary N) is 1. The molecule has 0 fully saturated rings. The molecule has 15 heavy (non-hydrogen) atoms. The van der Waals surface area contributed by atoms with Crippen LogP contribution >= 0.6 is 11.6 Å². The van der Waals surface area contributed by atoms with E-state index in [1.54, 1.807) is 12.1 Å². The van der Waals surface area contributed by atoms with E-state index in [0.29, 0.717) is 18.0 Å². The van der Waals surface area contributed by atoms with E-state index in [1.165, 1.54) is 6.07 Å². The first-order valence-electron chi connectivity index (χ1n) is 4.87. The van der Waals surface area contributed by atoms with E-state index in [-0.39, 0.29) is 11.7 Å². The van der Waals surface area contributed by atoms with Gasteiger partial charge in [0, 0.05) is 18.0 Å². The van der Waals surface area contributed by atoms with E-state index in [1.807, 2.05) is 6.92 Å². The van der Waals surface area contributed by atoms with Gasteiger partial charge in [-0.25, -0.2) is 0 Å². The van der Waals surface area contributed by atoms with Gasteiger partial charge in [0.25, 0.3) is 0 Å². The average molecular weight is 228 g/mol. The smallest absolute Gasteiger partial charge is 0.220 e. The highest BCUT2D eigenvalue weighted by molar-refractivity contribution is 6.31. The van der Waals surface area contributed by atoms with Gasteiger partial charge in [0.1, 0.15) is 5.75 Å². The molecule has 0 heterocycles. The van der Waals surface area contributed by atoms with Crippen molar-refractivity contribution in [2.45, 2.75) is 26.3 Å². The third-order valence-corrected chi connectivity index (χ3v) is 2.34. The first kappa shape index (κ1) is 11.9. The zero-order valence-electron chi connectivity index (χ0n) is 8.59. The molecular weight excluding hydrogens is 214 g/mol. The lowest BCUT2D eigenvalue weighted by Gasteiger charge is -2.06. The molecule has 0 saturated carbocycles. The standard InChI is InChI=1S/C11H14ClNO2/c1-2-3-11(15)13-7-8-4-5-9(14)6-10(8)12/h4-6,14H,2-3,7H2,1H3,(H,13,15). The molecule has 0 atom stereocenters. The van der Waals surface area contributed by atoms with E-state index < -0.39 is 0 Å². The van der Waals surface area contributed by atoms with Crippen molar-refractivity contribution >= 4 is 17.5 Å². The number of amides is 1. The molecule has 1 amide bonds. The van der Waals surface area contributed by atoms with Gasteiger partial charge in [-0.15, -0.1) is 0 Å². The number of rotatable bonds is 4. The Morgan fingerprint density at radius 1 is 1.53 bits per heavy atom. The molecule has 0 spiro atoms. The van der Waals surface area contributed by atoms with Gasteiger partial charge in [0.15, 0.2) is 0 Å². The molecule has 0 aliphatic carbocycles. The normalized spacial score (nSPS) is 10.0. The summed E-state index contributed by atoms with van der Waals surface area (Å²) in [6.45, 7) is 2.35. The fourth-order valence-corrected chi connectivity index (χ4v) is 1.43. The minimum atomic E-state index is 0.0154. The lowest BCUT2D eigenvalue weighted by Crippen LogP contribution is -2.22. The molecule has 3 nitrogen and oxygen atoms in total. The average Bonchev–Trinajstić information content (AvgIpc) is 2.17. The van der Waals surface area contributed by atoms with Crippen molar-refractivity contribution < 1.29 is 9.90 Å². The fourth-order valence-electron chi connectivity index (χ4n) is 1.19. The number of carbonyl (C=O) groups is 1. The molecular formula is C11H14ClNO2. The van der Waals surface area contributed by atoms with Gasteiger partial charge in [-0.2, -0.15) is 0 Å². The van der Waals surface area contributed by atoms with Gasteiger partial charge >= 0.3 is 0 Å². The summed E-state index contributed by atoms with van der Waals surface area (Å²) in [5.74, 6) is 0.144. The van der Waals surface area contributed by atoms with Crippen molar-refractivity contribution in [3.05, 3.63) is 28.8 Å². The van der Waals surface area contributed by atoms with Crippen LogP contribution < -0.4 is 5.32 Å². The number of carbonyl (C=O) groups excluding carboxylic acids is 1. The van der Waals surface area contributed by atoms with E-state index in [9.17, 15) is 4.79 Å². The molecule has 0 radical (unpaired) electrons. The largest absolute Gasteiger partial charge is 0.508 e. The third-order valence-electron chi connectivity index (χ3n) is 1.99. The summed E-state index contributed by atoms with van der Waals surface area (Å²) in [7, 11) is 0. The van der Waals surface area contributed by atoms with Crippen LogP contribution in [0.4, 0.5) is 0 Å². The van der Waals surface area contributed by atoms with Crippen LogP contribution in [0.3, 0.4) is 0 Å². The zero-order valence-corrected chi connectivity index (χ0v) is 9.34. The minimum absolute atomic E-state index is 0.0154. The Morgan fingerprint density at radius 3 is 2.87 bits per heavy atom. The highest BCUT2D eigenvalue weighted by Crippen LogP contribution is 2.21. The SMILES string of the molecule is CCCC(=O)NCc1ccc(O)cc1Cl. The molecule has 0 aliphatic heterocycles. The van der Waals surface area contributed by atoms with Gasteiger partial charge in [-0.3, -0.25) is 4.79 Å². The predicted molar refractivity (Wildman–Crippen MR) is 59.9 cm³/mol. The summed E-state index contributed by atoms with van der Waals surface area (Å²) in [5, 5.41) is 12.3. The lowest BCUT2D eigenvalue weighted by molar-refractivity contribution is -0.121. The molecule has 82 valence electrons. The van der Waals surface area contributed by atoms with Gasteiger partial charge in [0.2, 0.25) is 5.91 Å². The summed E-state index contributed by atoms with van der Waals surface area (Å²) in [6, 6.07) is 4.71. The van der Waals surface area contributed by atoms with Crippen LogP contribution in [0.25, 0.3) is 0 Å². The van der Waals surface area contributed by atoms with Crippen LogP contribution in [0.2, 0.25) is 5.02 Å². The Labute approximate surface area is 94.1 Å². The molecule has 2 N–H and O–H groups in total. The van der Waals surface area contributed by atoms with Crippen molar-refractivity contribution in [1.29, 1.82) is 0 Å². The van der Waals surface area contributed by atoms with E-state index >= 15 is 0 Å². The summed E-state index contributed by atoms with van der Waals surface area (Å²) in [5.41, 5.74) is 0.805. The van der Waals surface area contributed by atoms with Crippen molar-refractivity contribution in [1.82, 2.24) is 5.32 Å². The maximum absolute atomic E-state index is 11.2. The Bertz CT molecular complexity index is 352. The lowest BCUT2D eigenvalue weighted by atomic mass is 10.2. The number of hydrogen-bond acceptors (Lipinski definition) is 2. The molecule has 0 unspecified atom stereocenters. The summed E-state index contributed by atoms with van der Waals surface area (Å²) >= 11 is 5.88. The molecule has 0 saturated heterocycles. The van der Waals surface area contributed by atoms with Crippen molar-refractivity contribution in [3.8, 4) is 5.75 Å². The van der Waals surface area contributed by atoms with E-state index in [4.69, 9.17) is 16.7 Å². The number of benzene rings is 1. The van der Waals surface area contributed by atoms with Crippen LogP contribution in [-0.2, 0) is 11.3 Å². The minimum Gasteiger partial charge on any atom is -0.508 e. The number of phenolic OH excluding ortho intramolecular Hbond substituents is 1. The maximum atomic E-state index is 11.2. The topological polar surface area (TPSA) is 49.3 Å². The number of halogens is 1. The quantitative estimate of drug-likeness (QED) is 0.830. The van der Waals surface area contributed by atoms with Gasteiger partial charge in [-0.05, 0) is 24.1 Å². The molecule has 4 heteroatoms. The van der Waals surface area contributed by atoms with Crippen LogP contribution in [0.15, 0.2) is 18.2 Å².